The lowest BCUT2D eigenvalue weighted by Crippen LogP contribution is -2.23. The minimum absolute atomic E-state index is 0.314. The molecule has 5 heteroatoms. The van der Waals surface area contributed by atoms with Crippen LogP contribution < -0.4 is 4.90 Å². The summed E-state index contributed by atoms with van der Waals surface area (Å²) >= 11 is 0. The van der Waals surface area contributed by atoms with E-state index in [-0.39, 0.29) is 0 Å². The summed E-state index contributed by atoms with van der Waals surface area (Å²) in [6, 6.07) is 3.23. The number of allylic oxidation sites excluding steroid dienone is 1. The molecule has 1 aliphatic rings. The molecule has 0 unspecified atom stereocenters. The predicted molar refractivity (Wildman–Crippen MR) is 79.7 cm³/mol. The van der Waals surface area contributed by atoms with Gasteiger partial charge in [0.2, 0.25) is 0 Å². The van der Waals surface area contributed by atoms with Gasteiger partial charge in [0.15, 0.2) is 0 Å². The molecule has 1 aromatic carbocycles. The summed E-state index contributed by atoms with van der Waals surface area (Å²) in [4.78, 5) is 25.8. The maximum Gasteiger partial charge on any atom is 0.338 e. The molecule has 112 valence electrons. The van der Waals surface area contributed by atoms with Crippen molar-refractivity contribution in [2.75, 3.05) is 26.2 Å². The van der Waals surface area contributed by atoms with Crippen molar-refractivity contribution in [2.24, 2.45) is 0 Å². The van der Waals surface area contributed by atoms with Gasteiger partial charge in [0.05, 0.1) is 25.3 Å². The first-order valence-corrected chi connectivity index (χ1v) is 6.54. The highest BCUT2D eigenvalue weighted by molar-refractivity contribution is 6.00. The quantitative estimate of drug-likeness (QED) is 0.783. The van der Waals surface area contributed by atoms with Crippen LogP contribution in [0.3, 0.4) is 0 Å². The molecule has 0 N–H and O–H groups in total. The number of methoxy groups -OCH3 is 2. The van der Waals surface area contributed by atoms with E-state index < -0.39 is 17.4 Å². The predicted octanol–water partition coefficient (Wildman–Crippen LogP) is 2.50. The van der Waals surface area contributed by atoms with Gasteiger partial charge in [-0.3, -0.25) is 0 Å². The van der Waals surface area contributed by atoms with Gasteiger partial charge in [-0.25, -0.2) is 9.59 Å². The number of hydrogen-bond acceptors (Lipinski definition) is 5. The zero-order valence-corrected chi connectivity index (χ0v) is 12.9. The molecule has 0 amide bonds. The van der Waals surface area contributed by atoms with E-state index >= 15 is 0 Å². The Kier molecular flexibility index (Phi) is 3.53. The fraction of sp³-hybridized carbons (Fsp3) is 0.375. The third kappa shape index (κ3) is 2.09. The van der Waals surface area contributed by atoms with Crippen molar-refractivity contribution in [3.63, 3.8) is 0 Å². The molecular formula is C16H19NO4. The summed E-state index contributed by atoms with van der Waals surface area (Å²) in [5.74, 6) is -0.972. The van der Waals surface area contributed by atoms with Crippen LogP contribution in [0.1, 0.15) is 40.1 Å². The van der Waals surface area contributed by atoms with Crippen molar-refractivity contribution < 1.29 is 19.1 Å². The number of carbonyl (C=O) groups is 2. The summed E-state index contributed by atoms with van der Waals surface area (Å²) in [6.45, 7) is 8.06. The van der Waals surface area contributed by atoms with Gasteiger partial charge in [-0.05, 0) is 12.1 Å². The van der Waals surface area contributed by atoms with E-state index in [0.717, 1.165) is 16.9 Å². The maximum atomic E-state index is 12.1. The summed E-state index contributed by atoms with van der Waals surface area (Å²) in [6.07, 6.45) is 0. The molecule has 0 radical (unpaired) electrons. The third-order valence-electron chi connectivity index (χ3n) is 4.06. The highest BCUT2D eigenvalue weighted by Crippen LogP contribution is 2.48. The van der Waals surface area contributed by atoms with E-state index in [9.17, 15) is 9.59 Å². The Morgan fingerprint density at radius 1 is 1.14 bits per heavy atom. The van der Waals surface area contributed by atoms with Crippen LogP contribution in [0.4, 0.5) is 5.69 Å². The van der Waals surface area contributed by atoms with Gasteiger partial charge in [-0.1, -0.05) is 20.4 Å². The smallest absolute Gasteiger partial charge is 0.338 e. The molecule has 1 heterocycles. The molecule has 1 aliphatic heterocycles. The van der Waals surface area contributed by atoms with Crippen LogP contribution in [0.15, 0.2) is 24.4 Å². The first-order chi connectivity index (χ1) is 9.75. The Morgan fingerprint density at radius 2 is 1.71 bits per heavy atom. The normalized spacial score (nSPS) is 15.7. The maximum absolute atomic E-state index is 12.1. The molecule has 0 saturated carbocycles. The molecule has 0 aliphatic carbocycles. The second kappa shape index (κ2) is 4.91. The van der Waals surface area contributed by atoms with Gasteiger partial charge in [0.25, 0.3) is 0 Å². The van der Waals surface area contributed by atoms with Crippen molar-refractivity contribution in [1.82, 2.24) is 0 Å². The van der Waals surface area contributed by atoms with Crippen LogP contribution in [0.25, 0.3) is 0 Å². The van der Waals surface area contributed by atoms with E-state index in [1.807, 2.05) is 25.8 Å². The second-order valence-electron chi connectivity index (χ2n) is 5.53. The lowest BCUT2D eigenvalue weighted by molar-refractivity contribution is 0.0597. The number of fused-ring (bicyclic) bond motifs is 1. The van der Waals surface area contributed by atoms with Crippen LogP contribution >= 0.6 is 0 Å². The topological polar surface area (TPSA) is 55.8 Å². The van der Waals surface area contributed by atoms with Crippen LogP contribution in [0, 0.1) is 0 Å². The molecular weight excluding hydrogens is 270 g/mol. The van der Waals surface area contributed by atoms with Gasteiger partial charge in [-0.2, -0.15) is 0 Å². The molecule has 0 fully saturated rings. The summed E-state index contributed by atoms with van der Waals surface area (Å²) in [5, 5.41) is 0. The zero-order valence-electron chi connectivity index (χ0n) is 12.9. The Bertz CT molecular complexity index is 646. The fourth-order valence-corrected chi connectivity index (χ4v) is 2.76. The molecule has 2 rings (SSSR count). The van der Waals surface area contributed by atoms with Gasteiger partial charge in [0.1, 0.15) is 0 Å². The summed E-state index contributed by atoms with van der Waals surface area (Å²) < 4.78 is 9.60. The summed E-state index contributed by atoms with van der Waals surface area (Å²) in [7, 11) is 4.48. The van der Waals surface area contributed by atoms with Crippen LogP contribution in [-0.4, -0.2) is 33.2 Å². The number of ether oxygens (including phenoxy) is 2. The van der Waals surface area contributed by atoms with E-state index in [0.29, 0.717) is 11.1 Å². The largest absolute Gasteiger partial charge is 0.465 e. The second-order valence-corrected chi connectivity index (χ2v) is 5.53. The van der Waals surface area contributed by atoms with Crippen LogP contribution in [0.2, 0.25) is 0 Å². The van der Waals surface area contributed by atoms with Crippen molar-refractivity contribution >= 4 is 17.6 Å². The first-order valence-electron chi connectivity index (χ1n) is 6.54. The number of nitrogens with zero attached hydrogens (tertiary/aromatic N) is 1. The first kappa shape index (κ1) is 15.1. The lowest BCUT2D eigenvalue weighted by Gasteiger charge is -2.23. The van der Waals surface area contributed by atoms with E-state index in [1.165, 1.54) is 20.3 Å². The van der Waals surface area contributed by atoms with Gasteiger partial charge >= 0.3 is 11.9 Å². The average Bonchev–Trinajstić information content (AvgIpc) is 2.66. The third-order valence-corrected chi connectivity index (χ3v) is 4.06. The molecule has 0 atom stereocenters. The molecule has 5 nitrogen and oxygen atoms in total. The van der Waals surface area contributed by atoms with E-state index in [4.69, 9.17) is 9.47 Å². The molecule has 0 saturated heterocycles. The average molecular weight is 289 g/mol. The van der Waals surface area contributed by atoms with E-state index in [2.05, 4.69) is 6.58 Å². The lowest BCUT2D eigenvalue weighted by atomic mass is 9.81. The Balaban J connectivity index is 2.79. The number of rotatable bonds is 2. The molecule has 21 heavy (non-hydrogen) atoms. The summed E-state index contributed by atoms with van der Waals surface area (Å²) in [5.41, 5.74) is 2.70. The molecule has 1 aromatic rings. The number of likely N-dealkylation sites (N-methyl/N-ethyl adjacent to an activating group) is 1. The van der Waals surface area contributed by atoms with Gasteiger partial charge in [-0.15, -0.1) is 0 Å². The number of carbonyl (C=O) groups excluding carboxylic acids is 2. The van der Waals surface area contributed by atoms with E-state index in [1.54, 1.807) is 6.07 Å². The molecule has 0 bridgehead atoms. The fourth-order valence-electron chi connectivity index (χ4n) is 2.76. The van der Waals surface area contributed by atoms with Crippen molar-refractivity contribution in [3.8, 4) is 0 Å². The number of hydrogen-bond donors (Lipinski definition) is 0. The van der Waals surface area contributed by atoms with Gasteiger partial charge in [0, 0.05) is 29.4 Å². The van der Waals surface area contributed by atoms with Crippen LogP contribution in [-0.2, 0) is 14.9 Å². The Labute approximate surface area is 124 Å². The van der Waals surface area contributed by atoms with Crippen molar-refractivity contribution in [3.05, 3.63) is 41.1 Å². The number of anilines is 1. The zero-order chi connectivity index (χ0) is 15.9. The standard InChI is InChI=1S/C16H19NO4/c1-9-16(2,3)13-11(15(19)21-6)7-10(14(18)20-5)8-12(13)17(9)4/h7-8H,1H2,2-6H3. The monoisotopic (exact) mass is 289 g/mol. The number of esters is 2. The Hall–Kier alpha value is -2.30. The minimum atomic E-state index is -0.494. The van der Waals surface area contributed by atoms with Crippen molar-refractivity contribution in [2.45, 2.75) is 19.3 Å². The van der Waals surface area contributed by atoms with Gasteiger partial charge < -0.3 is 14.4 Å². The molecule has 0 spiro atoms. The SMILES string of the molecule is C=C1N(C)c2cc(C(=O)OC)cc(C(=O)OC)c2C1(C)C. The minimum Gasteiger partial charge on any atom is -0.465 e. The van der Waals surface area contributed by atoms with Crippen molar-refractivity contribution in [1.29, 1.82) is 0 Å². The highest BCUT2D eigenvalue weighted by Gasteiger charge is 2.41. The number of benzene rings is 1. The Morgan fingerprint density at radius 3 is 2.24 bits per heavy atom. The highest BCUT2D eigenvalue weighted by atomic mass is 16.5. The molecule has 0 aromatic heterocycles. The van der Waals surface area contributed by atoms with Crippen LogP contribution in [0.5, 0.6) is 0 Å².